The largest absolute Gasteiger partial charge is 0.436 e. The van der Waals surface area contributed by atoms with Crippen molar-refractivity contribution >= 4 is 98.3 Å². The maximum Gasteiger partial charge on any atom is 0.231 e. The van der Waals surface area contributed by atoms with Gasteiger partial charge in [-0.1, -0.05) is 146 Å². The summed E-state index contributed by atoms with van der Waals surface area (Å²) in [5.41, 5.74) is 14.6. The lowest BCUT2D eigenvalue weighted by molar-refractivity contribution is 0.619. The van der Waals surface area contributed by atoms with Crippen molar-refractivity contribution in [1.82, 2.24) is 58.1 Å². The van der Waals surface area contributed by atoms with Crippen LogP contribution in [0.1, 0.15) is 0 Å². The van der Waals surface area contributed by atoms with E-state index < -0.39 is 0 Å². The number of oxazole rings is 1. The Morgan fingerprint density at radius 1 is 0.259 bits per heavy atom. The van der Waals surface area contributed by atoms with Gasteiger partial charge in [0.25, 0.3) is 0 Å². The maximum atomic E-state index is 7.43. The lowest BCUT2D eigenvalue weighted by Crippen LogP contribution is -2.17. The number of nitrogens with zero attached hydrogens (tertiary/aromatic N) is 12. The fourth-order valence-corrected chi connectivity index (χ4v) is 13.1. The summed E-state index contributed by atoms with van der Waals surface area (Å²) in [6.45, 7) is 0. The Labute approximate surface area is 482 Å². The van der Waals surface area contributed by atoms with E-state index in [1.54, 1.807) is 0 Å². The summed E-state index contributed by atoms with van der Waals surface area (Å²) in [7, 11) is 0. The molecule has 0 aliphatic heterocycles. The van der Waals surface area contributed by atoms with E-state index in [2.05, 4.69) is 164 Å². The van der Waals surface area contributed by atoms with Gasteiger partial charge in [-0.15, -0.1) is 0 Å². The zero-order valence-corrected chi connectivity index (χ0v) is 45.0. The van der Waals surface area contributed by atoms with Gasteiger partial charge in [0.05, 0.1) is 78.0 Å². The van der Waals surface area contributed by atoms with Crippen molar-refractivity contribution in [2.75, 3.05) is 0 Å². The van der Waals surface area contributed by atoms with Crippen LogP contribution in [0.15, 0.2) is 260 Å². The molecule has 0 unspecified atom stereocenters. The van der Waals surface area contributed by atoms with Gasteiger partial charge in [0.15, 0.2) is 23.1 Å². The standard InChI is InChI=1S/C72H42N12O/c1-3-17-43(18-4-1)69-78-70(44-19-5-2-6-20-44)80-71(79-69)63-65(81-54-26-12-7-21-45(54)49-39-73-35-31-58(49)81)64(72-77-53-25-11-16-30-62(53)85-72)67(83-56-28-14-9-23-47(56)51-41-75-37-33-60(51)83)68(84-57-29-15-10-24-48(57)52-42-76-38-34-61(52)84)66(63)82-55-27-13-8-22-46(55)50-40-74-36-32-59(50)82/h1-42H. The van der Waals surface area contributed by atoms with Crippen LogP contribution in [0.4, 0.5) is 0 Å². The zero-order chi connectivity index (χ0) is 55.7. The zero-order valence-electron chi connectivity index (χ0n) is 45.0. The first-order chi connectivity index (χ1) is 42.2. The third kappa shape index (κ3) is 6.86. The number of hydrogen-bond acceptors (Lipinski definition) is 9. The van der Waals surface area contributed by atoms with Crippen LogP contribution in [0.3, 0.4) is 0 Å². The first-order valence-corrected chi connectivity index (χ1v) is 28.0. The molecule has 10 aromatic heterocycles. The quantitative estimate of drug-likeness (QED) is 0.146. The highest BCUT2D eigenvalue weighted by Gasteiger charge is 2.38. The van der Waals surface area contributed by atoms with Gasteiger partial charge in [0.2, 0.25) is 5.89 Å². The smallest absolute Gasteiger partial charge is 0.231 e. The molecule has 0 aliphatic rings. The highest BCUT2D eigenvalue weighted by molar-refractivity contribution is 6.18. The number of para-hydroxylation sites is 6. The van der Waals surface area contributed by atoms with Gasteiger partial charge in [-0.25, -0.2) is 19.9 Å². The Kier molecular flexibility index (Phi) is 10.1. The first-order valence-electron chi connectivity index (χ1n) is 28.0. The van der Waals surface area contributed by atoms with Gasteiger partial charge in [0.1, 0.15) is 5.52 Å². The minimum Gasteiger partial charge on any atom is -0.436 e. The fraction of sp³-hybridized carbons (Fsp3) is 0. The van der Waals surface area contributed by atoms with Gasteiger partial charge in [-0.05, 0) is 60.7 Å². The van der Waals surface area contributed by atoms with Gasteiger partial charge in [-0.2, -0.15) is 0 Å². The van der Waals surface area contributed by atoms with E-state index in [1.807, 2.05) is 110 Å². The predicted octanol–water partition coefficient (Wildman–Crippen LogP) is 16.6. The molecule has 0 saturated heterocycles. The summed E-state index contributed by atoms with van der Waals surface area (Å²) in [5.74, 6) is 1.75. The number of fused-ring (bicyclic) bond motifs is 13. The molecule has 0 radical (unpaired) electrons. The van der Waals surface area contributed by atoms with E-state index in [4.69, 9.17) is 44.3 Å². The Morgan fingerprint density at radius 3 is 1.04 bits per heavy atom. The lowest BCUT2D eigenvalue weighted by atomic mass is 9.96. The summed E-state index contributed by atoms with van der Waals surface area (Å²) in [5, 5.41) is 7.89. The molecular weight excluding hydrogens is 1050 g/mol. The van der Waals surface area contributed by atoms with E-state index in [1.165, 1.54) is 0 Å². The average Bonchev–Trinajstić information content (AvgIpc) is 1.79. The second kappa shape index (κ2) is 18.3. The summed E-state index contributed by atoms with van der Waals surface area (Å²) >= 11 is 0. The van der Waals surface area contributed by atoms with Crippen molar-refractivity contribution < 1.29 is 4.42 Å². The van der Waals surface area contributed by atoms with Gasteiger partial charge >= 0.3 is 0 Å². The summed E-state index contributed by atoms with van der Waals surface area (Å²) in [6, 6.07) is 71.0. The van der Waals surface area contributed by atoms with Crippen LogP contribution in [0, 0.1) is 0 Å². The lowest BCUT2D eigenvalue weighted by Gasteiger charge is -2.29. The molecule has 0 fully saturated rings. The molecule has 0 saturated carbocycles. The SMILES string of the molecule is c1ccc(-c2nc(-c3ccccc3)nc(-c3c(-n4c5ccccc5c5cnccc54)c(-c4nc5ccccc5o4)c(-n4c5ccccc5c5cnccc54)c(-n4c5ccccc5c5cnccc54)c3-n3c4ccccc4c4cnccc43)n2)cc1. The molecule has 13 heteroatoms. The molecular formula is C72H42N12O. The molecule has 0 aliphatic carbocycles. The Bertz CT molecular complexity index is 5450. The van der Waals surface area contributed by atoms with Crippen molar-refractivity contribution in [3.63, 3.8) is 0 Å². The fourth-order valence-electron chi connectivity index (χ4n) is 13.1. The predicted molar refractivity (Wildman–Crippen MR) is 338 cm³/mol. The molecule has 13 nitrogen and oxygen atoms in total. The van der Waals surface area contributed by atoms with Crippen LogP contribution in [0.5, 0.6) is 0 Å². The van der Waals surface area contributed by atoms with E-state index in [-0.39, 0.29) is 0 Å². The van der Waals surface area contributed by atoms with Gasteiger partial charge in [0, 0.05) is 104 Å². The van der Waals surface area contributed by atoms with E-state index in [0.29, 0.717) is 51.3 Å². The molecule has 8 aromatic carbocycles. The summed E-state index contributed by atoms with van der Waals surface area (Å²) in [6.07, 6.45) is 15.4. The summed E-state index contributed by atoms with van der Waals surface area (Å²) in [4.78, 5) is 41.9. The van der Waals surface area contributed by atoms with Gasteiger partial charge in [-0.3, -0.25) is 19.9 Å². The number of rotatable bonds is 8. The van der Waals surface area contributed by atoms with Crippen molar-refractivity contribution in [3.8, 4) is 68.4 Å². The number of aromatic nitrogens is 12. The molecule has 0 amide bonds. The van der Waals surface area contributed by atoms with Gasteiger partial charge < -0.3 is 22.7 Å². The molecule has 18 rings (SSSR count). The molecule has 0 bridgehead atoms. The van der Waals surface area contributed by atoms with Crippen LogP contribution in [-0.2, 0) is 0 Å². The Morgan fingerprint density at radius 2 is 0.600 bits per heavy atom. The van der Waals surface area contributed by atoms with Crippen molar-refractivity contribution in [1.29, 1.82) is 0 Å². The average molecular weight is 1090 g/mol. The molecule has 0 atom stereocenters. The van der Waals surface area contributed by atoms with E-state index in [0.717, 1.165) is 115 Å². The van der Waals surface area contributed by atoms with Crippen molar-refractivity contribution in [2.45, 2.75) is 0 Å². The van der Waals surface area contributed by atoms with E-state index >= 15 is 0 Å². The second-order valence-corrected chi connectivity index (χ2v) is 21.2. The first kappa shape index (κ1) is 46.8. The Hall–Kier alpha value is -12.0. The normalized spacial score (nSPS) is 12.0. The highest BCUT2D eigenvalue weighted by atomic mass is 16.3. The monoisotopic (exact) mass is 1090 g/mol. The van der Waals surface area contributed by atoms with Crippen LogP contribution >= 0.6 is 0 Å². The molecule has 10 heterocycles. The van der Waals surface area contributed by atoms with Crippen molar-refractivity contribution in [3.05, 3.63) is 256 Å². The minimum atomic E-state index is 0.370. The number of benzene rings is 8. The van der Waals surface area contributed by atoms with E-state index in [9.17, 15) is 0 Å². The molecule has 0 N–H and O–H groups in total. The van der Waals surface area contributed by atoms with Crippen LogP contribution < -0.4 is 0 Å². The summed E-state index contributed by atoms with van der Waals surface area (Å²) < 4.78 is 17.0. The third-order valence-electron chi connectivity index (χ3n) is 16.6. The molecule has 85 heavy (non-hydrogen) atoms. The number of pyridine rings is 4. The maximum absolute atomic E-state index is 7.43. The van der Waals surface area contributed by atoms with Crippen LogP contribution in [0.2, 0.25) is 0 Å². The third-order valence-corrected chi connectivity index (χ3v) is 16.6. The highest BCUT2D eigenvalue weighted by Crippen LogP contribution is 2.54. The Balaban J connectivity index is 1.22. The topological polar surface area (TPSA) is 136 Å². The molecule has 396 valence electrons. The second-order valence-electron chi connectivity index (χ2n) is 21.2. The molecule has 0 spiro atoms. The van der Waals surface area contributed by atoms with Crippen LogP contribution in [-0.4, -0.2) is 58.1 Å². The molecule has 18 aromatic rings. The van der Waals surface area contributed by atoms with Crippen LogP contribution in [0.25, 0.3) is 167 Å². The minimum absolute atomic E-state index is 0.370. The van der Waals surface area contributed by atoms with Crippen molar-refractivity contribution in [2.24, 2.45) is 0 Å². The number of hydrogen-bond donors (Lipinski definition) is 0.